The third-order valence-corrected chi connectivity index (χ3v) is 6.49. The monoisotopic (exact) mass is 454 g/mol. The van der Waals surface area contributed by atoms with E-state index in [4.69, 9.17) is 4.42 Å². The third kappa shape index (κ3) is 4.15. The average Bonchev–Trinajstić information content (AvgIpc) is 3.45. The molecule has 1 N–H and O–H groups in total. The Hall–Kier alpha value is -3.84. The predicted molar refractivity (Wildman–Crippen MR) is 132 cm³/mol. The van der Waals surface area contributed by atoms with Crippen LogP contribution >= 0.6 is 11.8 Å². The smallest absolute Gasteiger partial charge is 0.237 e. The lowest BCUT2D eigenvalue weighted by Gasteiger charge is -2.15. The van der Waals surface area contributed by atoms with Crippen LogP contribution in [0, 0.1) is 6.92 Å². The van der Waals surface area contributed by atoms with Crippen molar-refractivity contribution in [3.8, 4) is 17.1 Å². The van der Waals surface area contributed by atoms with E-state index in [9.17, 15) is 4.79 Å². The van der Waals surface area contributed by atoms with Crippen molar-refractivity contribution >= 4 is 34.1 Å². The fourth-order valence-electron chi connectivity index (χ4n) is 3.73. The molecule has 164 valence electrons. The maximum Gasteiger partial charge on any atom is 0.237 e. The van der Waals surface area contributed by atoms with E-state index in [1.807, 2.05) is 97.3 Å². The first-order valence-electron chi connectivity index (χ1n) is 10.6. The quantitative estimate of drug-likeness (QED) is 0.314. The molecule has 7 heteroatoms. The Morgan fingerprint density at radius 2 is 1.73 bits per heavy atom. The summed E-state index contributed by atoms with van der Waals surface area (Å²) >= 11 is 1.37. The standard InChI is InChI=1S/C26H22N4O2S/c1-17-21(15-16-32-17)24-28-29-26(30(24)20-11-4-3-5-12-20)33-18(2)25(31)27-23-14-8-10-19-9-6-7-13-22(19)23/h3-16,18H,1-2H3,(H,27,31). The van der Waals surface area contributed by atoms with Crippen molar-refractivity contribution in [2.45, 2.75) is 24.3 Å². The Balaban J connectivity index is 1.45. The molecular formula is C26H22N4O2S. The molecule has 1 amide bonds. The van der Waals surface area contributed by atoms with Gasteiger partial charge in [-0.3, -0.25) is 9.36 Å². The topological polar surface area (TPSA) is 72.9 Å². The maximum atomic E-state index is 13.1. The summed E-state index contributed by atoms with van der Waals surface area (Å²) in [6, 6.07) is 25.7. The van der Waals surface area contributed by atoms with Crippen LogP contribution in [0.5, 0.6) is 0 Å². The summed E-state index contributed by atoms with van der Waals surface area (Å²) in [5, 5.41) is 14.3. The van der Waals surface area contributed by atoms with Crippen molar-refractivity contribution in [3.63, 3.8) is 0 Å². The van der Waals surface area contributed by atoms with Crippen molar-refractivity contribution in [1.29, 1.82) is 0 Å². The molecule has 0 aliphatic heterocycles. The number of carbonyl (C=O) groups excluding carboxylic acids is 1. The van der Waals surface area contributed by atoms with Gasteiger partial charge >= 0.3 is 0 Å². The average molecular weight is 455 g/mol. The molecule has 33 heavy (non-hydrogen) atoms. The highest BCUT2D eigenvalue weighted by Gasteiger charge is 2.23. The first kappa shape index (κ1) is 21.0. The van der Waals surface area contributed by atoms with Gasteiger partial charge in [0.15, 0.2) is 11.0 Å². The van der Waals surface area contributed by atoms with Gasteiger partial charge in [-0.2, -0.15) is 0 Å². The van der Waals surface area contributed by atoms with Gasteiger partial charge in [0.05, 0.1) is 17.1 Å². The van der Waals surface area contributed by atoms with Gasteiger partial charge < -0.3 is 9.73 Å². The van der Waals surface area contributed by atoms with Crippen molar-refractivity contribution in [2.24, 2.45) is 0 Å². The molecule has 0 fully saturated rings. The van der Waals surface area contributed by atoms with Crippen LogP contribution < -0.4 is 5.32 Å². The van der Waals surface area contributed by atoms with Crippen LogP contribution in [-0.4, -0.2) is 25.9 Å². The molecule has 0 aliphatic carbocycles. The highest BCUT2D eigenvalue weighted by molar-refractivity contribution is 8.00. The van der Waals surface area contributed by atoms with E-state index in [1.54, 1.807) is 6.26 Å². The molecule has 1 unspecified atom stereocenters. The molecule has 0 radical (unpaired) electrons. The summed E-state index contributed by atoms with van der Waals surface area (Å²) in [7, 11) is 0. The molecule has 0 aliphatic rings. The predicted octanol–water partition coefficient (Wildman–Crippen LogP) is 6.11. The molecule has 6 nitrogen and oxygen atoms in total. The van der Waals surface area contributed by atoms with Crippen LogP contribution in [0.3, 0.4) is 0 Å². The van der Waals surface area contributed by atoms with Gasteiger partial charge in [0, 0.05) is 16.8 Å². The molecule has 5 rings (SSSR count). The Morgan fingerprint density at radius 3 is 2.52 bits per heavy atom. The number of thioether (sulfide) groups is 1. The number of para-hydroxylation sites is 1. The molecule has 1 atom stereocenters. The summed E-state index contributed by atoms with van der Waals surface area (Å²) in [6.07, 6.45) is 1.64. The highest BCUT2D eigenvalue weighted by atomic mass is 32.2. The molecule has 2 heterocycles. The zero-order valence-electron chi connectivity index (χ0n) is 18.2. The summed E-state index contributed by atoms with van der Waals surface area (Å²) in [5.41, 5.74) is 2.58. The highest BCUT2D eigenvalue weighted by Crippen LogP contribution is 2.32. The van der Waals surface area contributed by atoms with Crippen LogP contribution in [-0.2, 0) is 4.79 Å². The second kappa shape index (κ2) is 8.96. The fraction of sp³-hybridized carbons (Fsp3) is 0.115. The van der Waals surface area contributed by atoms with Crippen molar-refractivity contribution < 1.29 is 9.21 Å². The van der Waals surface area contributed by atoms with Crippen LogP contribution in [0.25, 0.3) is 27.8 Å². The normalized spacial score (nSPS) is 12.1. The molecular weight excluding hydrogens is 432 g/mol. The largest absolute Gasteiger partial charge is 0.469 e. The van der Waals surface area contributed by atoms with Gasteiger partial charge in [-0.1, -0.05) is 66.4 Å². The third-order valence-electron chi connectivity index (χ3n) is 5.45. The number of aryl methyl sites for hydroxylation is 1. The number of nitrogens with one attached hydrogen (secondary N) is 1. The van der Waals surface area contributed by atoms with Gasteiger partial charge in [0.1, 0.15) is 5.76 Å². The number of rotatable bonds is 6. The molecule has 0 saturated carbocycles. The van der Waals surface area contributed by atoms with E-state index in [2.05, 4.69) is 15.5 Å². The number of aromatic nitrogens is 3. The Labute approximate surface area is 195 Å². The molecule has 0 saturated heterocycles. The Kier molecular flexibility index (Phi) is 5.71. The lowest BCUT2D eigenvalue weighted by molar-refractivity contribution is -0.115. The number of anilines is 1. The minimum atomic E-state index is -0.395. The zero-order chi connectivity index (χ0) is 22.8. The molecule has 5 aromatic rings. The van der Waals surface area contributed by atoms with Gasteiger partial charge in [-0.15, -0.1) is 10.2 Å². The number of benzene rings is 3. The van der Waals surface area contributed by atoms with Crippen molar-refractivity contribution in [3.05, 3.63) is 90.9 Å². The van der Waals surface area contributed by atoms with Crippen LogP contribution in [0.2, 0.25) is 0 Å². The minimum absolute atomic E-state index is 0.0972. The Bertz CT molecular complexity index is 1420. The van der Waals surface area contributed by atoms with E-state index in [1.165, 1.54) is 11.8 Å². The van der Waals surface area contributed by atoms with Gasteiger partial charge in [-0.05, 0) is 43.5 Å². The molecule has 0 bridgehead atoms. The first-order chi connectivity index (χ1) is 16.1. The van der Waals surface area contributed by atoms with Crippen LogP contribution in [0.15, 0.2) is 94.7 Å². The minimum Gasteiger partial charge on any atom is -0.469 e. The van der Waals surface area contributed by atoms with Crippen LogP contribution in [0.4, 0.5) is 5.69 Å². The second-order valence-electron chi connectivity index (χ2n) is 7.64. The zero-order valence-corrected chi connectivity index (χ0v) is 19.0. The fourth-order valence-corrected chi connectivity index (χ4v) is 4.60. The summed E-state index contributed by atoms with van der Waals surface area (Å²) < 4.78 is 7.45. The number of furan rings is 1. The van der Waals surface area contributed by atoms with Gasteiger partial charge in [-0.25, -0.2) is 0 Å². The van der Waals surface area contributed by atoms with E-state index in [-0.39, 0.29) is 5.91 Å². The second-order valence-corrected chi connectivity index (χ2v) is 8.95. The number of nitrogens with zero attached hydrogens (tertiary/aromatic N) is 3. The summed E-state index contributed by atoms with van der Waals surface area (Å²) in [4.78, 5) is 13.1. The van der Waals surface area contributed by atoms with E-state index in [0.29, 0.717) is 11.0 Å². The molecule has 0 spiro atoms. The first-order valence-corrected chi connectivity index (χ1v) is 11.5. The lowest BCUT2D eigenvalue weighted by atomic mass is 10.1. The number of amides is 1. The molecule has 3 aromatic carbocycles. The van der Waals surface area contributed by atoms with Gasteiger partial charge in [0.2, 0.25) is 5.91 Å². The van der Waals surface area contributed by atoms with E-state index >= 15 is 0 Å². The number of hydrogen-bond acceptors (Lipinski definition) is 5. The summed E-state index contributed by atoms with van der Waals surface area (Å²) in [6.45, 7) is 3.77. The van der Waals surface area contributed by atoms with E-state index in [0.717, 1.165) is 33.5 Å². The van der Waals surface area contributed by atoms with E-state index < -0.39 is 5.25 Å². The number of carbonyl (C=O) groups is 1. The van der Waals surface area contributed by atoms with Gasteiger partial charge in [0.25, 0.3) is 0 Å². The SMILES string of the molecule is Cc1occc1-c1nnc(SC(C)C(=O)Nc2cccc3ccccc23)n1-c1ccccc1. The Morgan fingerprint density at radius 1 is 0.970 bits per heavy atom. The number of hydrogen-bond donors (Lipinski definition) is 1. The number of fused-ring (bicyclic) bond motifs is 1. The van der Waals surface area contributed by atoms with Crippen molar-refractivity contribution in [1.82, 2.24) is 14.8 Å². The van der Waals surface area contributed by atoms with Crippen LogP contribution in [0.1, 0.15) is 12.7 Å². The van der Waals surface area contributed by atoms with Crippen molar-refractivity contribution in [2.75, 3.05) is 5.32 Å². The maximum absolute atomic E-state index is 13.1. The lowest BCUT2D eigenvalue weighted by Crippen LogP contribution is -2.23. The molecule has 2 aromatic heterocycles. The summed E-state index contributed by atoms with van der Waals surface area (Å²) in [5.74, 6) is 1.34.